The van der Waals surface area contributed by atoms with Gasteiger partial charge in [-0.25, -0.2) is 4.79 Å². The Morgan fingerprint density at radius 2 is 2.11 bits per heavy atom. The van der Waals surface area contributed by atoms with Crippen LogP contribution in [0.25, 0.3) is 11.3 Å². The molecule has 1 N–H and O–H groups in total. The maximum atomic E-state index is 11.1. The highest BCUT2D eigenvalue weighted by Gasteiger charge is 2.21. The van der Waals surface area contributed by atoms with E-state index in [4.69, 9.17) is 14.4 Å². The number of carboxylic acid groups (broad SMARTS) is 1. The number of aromatic nitrogens is 1. The average Bonchev–Trinajstić information content (AvgIpc) is 2.76. The number of aromatic carboxylic acids is 1. The van der Waals surface area contributed by atoms with E-state index in [1.165, 1.54) is 13.3 Å². The summed E-state index contributed by atoms with van der Waals surface area (Å²) in [5.41, 5.74) is 2.54. The van der Waals surface area contributed by atoms with Crippen LogP contribution in [-0.4, -0.2) is 23.3 Å². The molecule has 0 fully saturated rings. The van der Waals surface area contributed by atoms with Gasteiger partial charge in [-0.1, -0.05) is 11.2 Å². The molecule has 0 unspecified atom stereocenters. The summed E-state index contributed by atoms with van der Waals surface area (Å²) < 4.78 is 10.4. The summed E-state index contributed by atoms with van der Waals surface area (Å²) in [7, 11) is 1.54. The number of hydrogen-bond donors (Lipinski definition) is 1. The number of nitrogens with zero attached hydrogens (tertiary/aromatic N) is 1. The Morgan fingerprint density at radius 1 is 1.39 bits per heavy atom. The summed E-state index contributed by atoms with van der Waals surface area (Å²) in [6.45, 7) is 3.82. The molecule has 0 aliphatic rings. The molecular formula is C13H13NO4. The highest BCUT2D eigenvalue weighted by atomic mass is 16.5. The molecule has 1 heterocycles. The Morgan fingerprint density at radius 3 is 2.72 bits per heavy atom. The van der Waals surface area contributed by atoms with Gasteiger partial charge in [0.1, 0.15) is 11.3 Å². The third-order valence-corrected chi connectivity index (χ3v) is 2.67. The van der Waals surface area contributed by atoms with E-state index in [0.717, 1.165) is 11.1 Å². The lowest BCUT2D eigenvalue weighted by Crippen LogP contribution is -1.98. The van der Waals surface area contributed by atoms with Gasteiger partial charge in [0.15, 0.2) is 5.76 Å². The molecule has 0 bridgehead atoms. The summed E-state index contributed by atoms with van der Waals surface area (Å²) >= 11 is 0. The topological polar surface area (TPSA) is 72.6 Å². The molecule has 1 aromatic heterocycles. The zero-order chi connectivity index (χ0) is 13.3. The van der Waals surface area contributed by atoms with Crippen molar-refractivity contribution in [2.75, 3.05) is 7.11 Å². The first-order valence-electron chi connectivity index (χ1n) is 5.38. The number of carbonyl (C=O) groups is 1. The minimum atomic E-state index is -1.08. The number of hydrogen-bond acceptors (Lipinski definition) is 4. The highest BCUT2D eigenvalue weighted by molar-refractivity contribution is 5.95. The molecule has 5 nitrogen and oxygen atoms in total. The summed E-state index contributed by atoms with van der Waals surface area (Å²) in [6, 6.07) is 3.78. The van der Waals surface area contributed by atoms with E-state index >= 15 is 0 Å². The zero-order valence-corrected chi connectivity index (χ0v) is 10.4. The van der Waals surface area contributed by atoms with E-state index < -0.39 is 5.97 Å². The van der Waals surface area contributed by atoms with Crippen LogP contribution in [0.4, 0.5) is 0 Å². The fourth-order valence-electron chi connectivity index (χ4n) is 1.98. The van der Waals surface area contributed by atoms with Gasteiger partial charge in [0.2, 0.25) is 0 Å². The molecular weight excluding hydrogens is 234 g/mol. The van der Waals surface area contributed by atoms with Crippen molar-refractivity contribution >= 4 is 5.97 Å². The van der Waals surface area contributed by atoms with Crippen LogP contribution in [0.1, 0.15) is 21.5 Å². The second-order valence-electron chi connectivity index (χ2n) is 4.04. The lowest BCUT2D eigenvalue weighted by Gasteiger charge is -2.11. The third-order valence-electron chi connectivity index (χ3n) is 2.67. The van der Waals surface area contributed by atoms with Crippen LogP contribution < -0.4 is 4.74 Å². The van der Waals surface area contributed by atoms with Crippen LogP contribution in [0.2, 0.25) is 0 Å². The number of aryl methyl sites for hydroxylation is 2. The van der Waals surface area contributed by atoms with E-state index in [-0.39, 0.29) is 11.3 Å². The fraction of sp³-hybridized carbons (Fsp3) is 0.231. The van der Waals surface area contributed by atoms with Gasteiger partial charge in [-0.2, -0.15) is 0 Å². The van der Waals surface area contributed by atoms with E-state index in [1.54, 1.807) is 0 Å². The lowest BCUT2D eigenvalue weighted by molar-refractivity contribution is 0.0697. The predicted octanol–water partition coefficient (Wildman–Crippen LogP) is 2.67. The zero-order valence-electron chi connectivity index (χ0n) is 10.4. The first-order valence-corrected chi connectivity index (χ1v) is 5.38. The van der Waals surface area contributed by atoms with Crippen molar-refractivity contribution in [1.29, 1.82) is 0 Å². The number of methoxy groups -OCH3 is 1. The number of carboxylic acids is 1. The van der Waals surface area contributed by atoms with Crippen molar-refractivity contribution in [2.45, 2.75) is 13.8 Å². The van der Waals surface area contributed by atoms with E-state index in [0.29, 0.717) is 11.3 Å². The fourth-order valence-corrected chi connectivity index (χ4v) is 1.98. The number of benzene rings is 1. The molecule has 0 radical (unpaired) electrons. The van der Waals surface area contributed by atoms with Crippen molar-refractivity contribution in [2.24, 2.45) is 0 Å². The van der Waals surface area contributed by atoms with Gasteiger partial charge in [0.25, 0.3) is 0 Å². The van der Waals surface area contributed by atoms with Crippen molar-refractivity contribution in [3.8, 4) is 17.1 Å². The van der Waals surface area contributed by atoms with E-state index in [1.807, 2.05) is 26.0 Å². The van der Waals surface area contributed by atoms with Crippen molar-refractivity contribution in [3.05, 3.63) is 35.0 Å². The van der Waals surface area contributed by atoms with Gasteiger partial charge in [-0.15, -0.1) is 0 Å². The van der Waals surface area contributed by atoms with Crippen molar-refractivity contribution in [1.82, 2.24) is 5.16 Å². The number of rotatable bonds is 3. The Hall–Kier alpha value is -2.30. The van der Waals surface area contributed by atoms with Crippen molar-refractivity contribution in [3.63, 3.8) is 0 Å². The minimum absolute atomic E-state index is 0.0262. The Balaban J connectivity index is 2.70. The quantitative estimate of drug-likeness (QED) is 0.902. The summed E-state index contributed by atoms with van der Waals surface area (Å²) in [5.74, 6) is -0.265. The van der Waals surface area contributed by atoms with E-state index in [2.05, 4.69) is 5.16 Å². The summed E-state index contributed by atoms with van der Waals surface area (Å²) in [6.07, 6.45) is 1.19. The molecule has 0 atom stereocenters. The average molecular weight is 247 g/mol. The molecule has 2 rings (SSSR count). The molecule has 94 valence electrons. The smallest absolute Gasteiger partial charge is 0.341 e. The Kier molecular flexibility index (Phi) is 3.06. The van der Waals surface area contributed by atoms with Crippen LogP contribution in [0.3, 0.4) is 0 Å². The first-order chi connectivity index (χ1) is 8.54. The maximum absolute atomic E-state index is 11.1. The molecule has 0 amide bonds. The van der Waals surface area contributed by atoms with Crippen LogP contribution in [-0.2, 0) is 0 Å². The molecule has 0 aliphatic carbocycles. The van der Waals surface area contributed by atoms with Gasteiger partial charge in [-0.3, -0.25) is 0 Å². The second-order valence-corrected chi connectivity index (χ2v) is 4.04. The van der Waals surface area contributed by atoms with Crippen LogP contribution in [0.5, 0.6) is 5.75 Å². The molecule has 5 heteroatoms. The Labute approximate surface area is 104 Å². The van der Waals surface area contributed by atoms with Gasteiger partial charge in [0, 0.05) is 0 Å². The molecule has 1 aromatic carbocycles. The van der Waals surface area contributed by atoms with Gasteiger partial charge in [0.05, 0.1) is 18.9 Å². The van der Waals surface area contributed by atoms with Gasteiger partial charge < -0.3 is 14.4 Å². The Bertz CT molecular complexity index is 601. The molecule has 0 saturated heterocycles. The second kappa shape index (κ2) is 4.52. The third kappa shape index (κ3) is 1.95. The van der Waals surface area contributed by atoms with Crippen LogP contribution in [0, 0.1) is 13.8 Å². The van der Waals surface area contributed by atoms with Gasteiger partial charge in [-0.05, 0) is 31.0 Å². The molecule has 2 aromatic rings. The molecule has 0 spiro atoms. The first kappa shape index (κ1) is 12.2. The van der Waals surface area contributed by atoms with Crippen molar-refractivity contribution < 1.29 is 19.2 Å². The van der Waals surface area contributed by atoms with Crippen LogP contribution in [0.15, 0.2) is 22.9 Å². The normalized spacial score (nSPS) is 10.4. The van der Waals surface area contributed by atoms with E-state index in [9.17, 15) is 4.79 Å². The minimum Gasteiger partial charge on any atom is -0.496 e. The SMILES string of the molecule is COc1c(C)cc(C)cc1-c1oncc1C(=O)O. The maximum Gasteiger partial charge on any atom is 0.341 e. The monoisotopic (exact) mass is 247 g/mol. The lowest BCUT2D eigenvalue weighted by atomic mass is 10.0. The summed E-state index contributed by atoms with van der Waals surface area (Å²) in [5, 5.41) is 12.6. The highest BCUT2D eigenvalue weighted by Crippen LogP contribution is 2.35. The van der Waals surface area contributed by atoms with Crippen LogP contribution >= 0.6 is 0 Å². The summed E-state index contributed by atoms with van der Waals surface area (Å²) in [4.78, 5) is 11.1. The number of ether oxygens (including phenoxy) is 1. The standard InChI is InChI=1S/C13H13NO4/c1-7-4-8(2)11(17-3)9(5-7)12-10(13(15)16)6-14-18-12/h4-6H,1-3H3,(H,15,16). The predicted molar refractivity (Wildman–Crippen MR) is 64.9 cm³/mol. The molecule has 0 saturated carbocycles. The van der Waals surface area contributed by atoms with Gasteiger partial charge >= 0.3 is 5.97 Å². The molecule has 0 aliphatic heterocycles. The largest absolute Gasteiger partial charge is 0.496 e. The molecule has 18 heavy (non-hydrogen) atoms.